The molecule has 0 spiro atoms. The summed E-state index contributed by atoms with van der Waals surface area (Å²) in [5.41, 5.74) is 1.13. The molecule has 0 radical (unpaired) electrons. The zero-order chi connectivity index (χ0) is 14.3. The molecule has 0 aromatic carbocycles. The molecule has 3 heterocycles. The molecule has 0 atom stereocenters. The van der Waals surface area contributed by atoms with Crippen LogP contribution in [0.15, 0.2) is 22.6 Å². The molecule has 0 aliphatic rings. The van der Waals surface area contributed by atoms with Gasteiger partial charge < -0.3 is 10.1 Å². The van der Waals surface area contributed by atoms with E-state index >= 15 is 0 Å². The van der Waals surface area contributed by atoms with Gasteiger partial charge in [0.2, 0.25) is 6.33 Å². The van der Waals surface area contributed by atoms with E-state index in [0.717, 1.165) is 5.69 Å². The summed E-state index contributed by atoms with van der Waals surface area (Å²) in [6.45, 7) is 1.98. The van der Waals surface area contributed by atoms with Crippen molar-refractivity contribution in [2.45, 2.75) is 13.5 Å². The summed E-state index contributed by atoms with van der Waals surface area (Å²) in [6, 6.07) is 1.39. The maximum Gasteiger partial charge on any atom is 0.490 e. The summed E-state index contributed by atoms with van der Waals surface area (Å²) < 4.78 is 2.79. The fraction of sp³-hybridized carbons (Fsp3) is 0.200. The van der Waals surface area contributed by atoms with Crippen LogP contribution in [0.3, 0.4) is 0 Å². The highest BCUT2D eigenvalue weighted by atomic mass is 32.1. The van der Waals surface area contributed by atoms with Crippen molar-refractivity contribution in [2.75, 3.05) is 0 Å². The van der Waals surface area contributed by atoms with Gasteiger partial charge in [-0.05, 0) is 11.8 Å². The zero-order valence-corrected chi connectivity index (χ0v) is 11.1. The van der Waals surface area contributed by atoms with Crippen molar-refractivity contribution in [3.05, 3.63) is 49.6 Å². The summed E-state index contributed by atoms with van der Waals surface area (Å²) in [7, 11) is 0. The van der Waals surface area contributed by atoms with E-state index in [4.69, 9.17) is 0 Å². The van der Waals surface area contributed by atoms with Crippen LogP contribution in [0.2, 0.25) is 0 Å². The summed E-state index contributed by atoms with van der Waals surface area (Å²) in [4.78, 5) is 30.2. The average molecular weight is 292 g/mol. The van der Waals surface area contributed by atoms with Crippen LogP contribution in [0.5, 0.6) is 0 Å². The lowest BCUT2D eigenvalue weighted by atomic mass is 10.4. The number of aryl methyl sites for hydroxylation is 1. The molecule has 3 aromatic rings. The summed E-state index contributed by atoms with van der Waals surface area (Å²) in [5.74, 6) is -0.477. The molecule has 0 saturated heterocycles. The van der Waals surface area contributed by atoms with Crippen LogP contribution < -0.4 is 5.56 Å². The van der Waals surface area contributed by atoms with Crippen molar-refractivity contribution in [2.24, 2.45) is 0 Å². The van der Waals surface area contributed by atoms with Crippen LogP contribution in [-0.2, 0) is 6.54 Å². The minimum absolute atomic E-state index is 0.156. The zero-order valence-electron chi connectivity index (χ0n) is 10.3. The van der Waals surface area contributed by atoms with Crippen LogP contribution >= 0.6 is 11.3 Å². The third-order valence-corrected chi connectivity index (χ3v) is 3.58. The van der Waals surface area contributed by atoms with E-state index in [2.05, 4.69) is 15.1 Å². The van der Waals surface area contributed by atoms with E-state index in [1.54, 1.807) is 0 Å². The average Bonchev–Trinajstić information content (AvgIpc) is 2.97. The van der Waals surface area contributed by atoms with Crippen molar-refractivity contribution >= 4 is 22.2 Å². The number of aromatic nitrogens is 5. The van der Waals surface area contributed by atoms with Crippen LogP contribution in [0, 0.1) is 17.0 Å². The summed E-state index contributed by atoms with van der Waals surface area (Å²) in [5, 5.41) is 16.0. The number of fused-ring (bicyclic) bond motifs is 1. The van der Waals surface area contributed by atoms with Gasteiger partial charge in [-0.3, -0.25) is 9.20 Å². The Morgan fingerprint density at radius 1 is 1.50 bits per heavy atom. The van der Waals surface area contributed by atoms with Gasteiger partial charge in [-0.15, -0.1) is 11.3 Å². The van der Waals surface area contributed by atoms with Gasteiger partial charge in [0.05, 0.1) is 5.69 Å². The monoisotopic (exact) mass is 292 g/mol. The lowest BCUT2D eigenvalue weighted by molar-refractivity contribution is -0.394. The standard InChI is InChI=1S/C10H8N6O3S/c1-6-4-20-10-12-7(2-8(17)15(6)10)3-14-5-11-9(13-14)16(18)19/h2,4-5H,3H2,1H3. The Balaban J connectivity index is 1.98. The Labute approximate surface area is 115 Å². The van der Waals surface area contributed by atoms with E-state index in [0.29, 0.717) is 10.7 Å². The van der Waals surface area contributed by atoms with Gasteiger partial charge in [0.15, 0.2) is 4.96 Å². The highest BCUT2D eigenvalue weighted by molar-refractivity contribution is 7.15. The Bertz CT molecular complexity index is 863. The fourth-order valence-electron chi connectivity index (χ4n) is 1.79. The lowest BCUT2D eigenvalue weighted by Crippen LogP contribution is -2.16. The first-order valence-corrected chi connectivity index (χ1v) is 6.43. The van der Waals surface area contributed by atoms with E-state index < -0.39 is 10.9 Å². The van der Waals surface area contributed by atoms with Gasteiger partial charge in [-0.25, -0.2) is 4.98 Å². The third-order valence-electron chi connectivity index (χ3n) is 2.64. The second kappa shape index (κ2) is 4.49. The molecule has 20 heavy (non-hydrogen) atoms. The molecular weight excluding hydrogens is 284 g/mol. The first kappa shape index (κ1) is 12.4. The second-order valence-electron chi connectivity index (χ2n) is 4.08. The molecule has 0 aliphatic carbocycles. The molecule has 10 heteroatoms. The van der Waals surface area contributed by atoms with Gasteiger partial charge in [0.25, 0.3) is 5.56 Å². The Morgan fingerprint density at radius 2 is 2.30 bits per heavy atom. The van der Waals surface area contributed by atoms with Crippen molar-refractivity contribution < 1.29 is 4.92 Å². The normalized spacial score (nSPS) is 11.1. The molecule has 0 aliphatic heterocycles. The summed E-state index contributed by atoms with van der Waals surface area (Å²) in [6.07, 6.45) is 1.24. The lowest BCUT2D eigenvalue weighted by Gasteiger charge is -1.99. The Hall–Kier alpha value is -2.62. The molecule has 0 amide bonds. The maximum atomic E-state index is 12.0. The fourth-order valence-corrected chi connectivity index (χ4v) is 2.68. The smallest absolute Gasteiger partial charge is 0.390 e. The molecule has 3 aromatic heterocycles. The Kier molecular flexibility index (Phi) is 2.79. The van der Waals surface area contributed by atoms with Crippen LogP contribution in [0.4, 0.5) is 5.95 Å². The van der Waals surface area contributed by atoms with E-state index in [-0.39, 0.29) is 12.1 Å². The van der Waals surface area contributed by atoms with Gasteiger partial charge in [0.1, 0.15) is 6.54 Å². The molecule has 0 bridgehead atoms. The molecule has 9 nitrogen and oxygen atoms in total. The maximum absolute atomic E-state index is 12.0. The molecule has 102 valence electrons. The largest absolute Gasteiger partial charge is 0.490 e. The van der Waals surface area contributed by atoms with Crippen LogP contribution in [-0.4, -0.2) is 29.1 Å². The molecule has 0 unspecified atom stereocenters. The van der Waals surface area contributed by atoms with Crippen molar-refractivity contribution in [1.82, 2.24) is 24.1 Å². The number of thiazole rings is 1. The number of rotatable bonds is 3. The van der Waals surface area contributed by atoms with Gasteiger partial charge in [-0.2, -0.15) is 4.68 Å². The molecule has 0 fully saturated rings. The van der Waals surface area contributed by atoms with Crippen molar-refractivity contribution in [1.29, 1.82) is 0 Å². The third kappa shape index (κ3) is 2.05. The molecule has 0 N–H and O–H groups in total. The quantitative estimate of drug-likeness (QED) is 0.517. The van der Waals surface area contributed by atoms with Gasteiger partial charge in [-0.1, -0.05) is 4.98 Å². The predicted molar refractivity (Wildman–Crippen MR) is 69.9 cm³/mol. The number of hydrogen-bond acceptors (Lipinski definition) is 7. The number of hydrogen-bond donors (Lipinski definition) is 0. The topological polar surface area (TPSA) is 108 Å². The first-order chi connectivity index (χ1) is 9.54. The SMILES string of the molecule is Cc1csc2nc(Cn3cnc([N+](=O)[O-])n3)cc(=O)n12. The van der Waals surface area contributed by atoms with Gasteiger partial charge >= 0.3 is 5.95 Å². The van der Waals surface area contributed by atoms with Crippen LogP contribution in [0.1, 0.15) is 11.4 Å². The number of nitro groups is 1. The Morgan fingerprint density at radius 3 is 3.00 bits per heavy atom. The van der Waals surface area contributed by atoms with E-state index in [1.165, 1.54) is 32.8 Å². The highest BCUT2D eigenvalue weighted by Crippen LogP contribution is 2.12. The van der Waals surface area contributed by atoms with Gasteiger partial charge in [0, 0.05) is 22.2 Å². The highest BCUT2D eigenvalue weighted by Gasteiger charge is 2.14. The van der Waals surface area contributed by atoms with E-state index in [9.17, 15) is 14.9 Å². The second-order valence-corrected chi connectivity index (χ2v) is 4.92. The minimum Gasteiger partial charge on any atom is -0.390 e. The first-order valence-electron chi connectivity index (χ1n) is 5.55. The van der Waals surface area contributed by atoms with E-state index in [1.807, 2.05) is 12.3 Å². The molecule has 3 rings (SSSR count). The predicted octanol–water partition coefficient (Wildman–Crippen LogP) is 0.612. The molecule has 0 saturated carbocycles. The number of nitrogens with zero attached hydrogens (tertiary/aromatic N) is 6. The minimum atomic E-state index is -0.676. The van der Waals surface area contributed by atoms with Crippen molar-refractivity contribution in [3.63, 3.8) is 0 Å². The van der Waals surface area contributed by atoms with Crippen LogP contribution in [0.25, 0.3) is 4.96 Å². The molecular formula is C10H8N6O3S. The summed E-state index contributed by atoms with van der Waals surface area (Å²) >= 11 is 1.36. The van der Waals surface area contributed by atoms with Crippen molar-refractivity contribution in [3.8, 4) is 0 Å².